The first kappa shape index (κ1) is 9.52. The van der Waals surface area contributed by atoms with Crippen LogP contribution >= 0.6 is 15.9 Å². The third kappa shape index (κ3) is 1.75. The van der Waals surface area contributed by atoms with Gasteiger partial charge in [0.2, 0.25) is 0 Å². The molecule has 1 aliphatic heterocycles. The highest BCUT2D eigenvalue weighted by atomic mass is 79.9. The fourth-order valence-corrected chi connectivity index (χ4v) is 2.03. The molecule has 0 atom stereocenters. The minimum Gasteiger partial charge on any atom is -0.386 e. The molecule has 1 heterocycles. The van der Waals surface area contributed by atoms with E-state index >= 15 is 0 Å². The van der Waals surface area contributed by atoms with E-state index in [-0.39, 0.29) is 0 Å². The van der Waals surface area contributed by atoms with Gasteiger partial charge in [-0.15, -0.1) is 0 Å². The molecule has 0 spiro atoms. The number of benzene rings is 1. The predicted octanol–water partition coefficient (Wildman–Crippen LogP) is 2.24. The lowest BCUT2D eigenvalue weighted by Gasteiger charge is -2.16. The Morgan fingerprint density at radius 1 is 1.50 bits per heavy atom. The fourth-order valence-electron chi connectivity index (χ4n) is 1.56. The maximum absolute atomic E-state index is 5.64. The van der Waals surface area contributed by atoms with Gasteiger partial charge < -0.3 is 5.73 Å². The third-order valence-corrected chi connectivity index (χ3v) is 2.76. The number of nitrogens with two attached hydrogens (primary N) is 1. The van der Waals surface area contributed by atoms with Crippen LogP contribution in [0.25, 0.3) is 0 Å². The second-order valence-electron chi connectivity index (χ2n) is 3.40. The van der Waals surface area contributed by atoms with Gasteiger partial charge in [0.25, 0.3) is 0 Å². The van der Waals surface area contributed by atoms with Crippen molar-refractivity contribution < 1.29 is 0 Å². The molecule has 0 radical (unpaired) electrons. The topological polar surface area (TPSA) is 41.6 Å². The molecule has 0 amide bonds. The quantitative estimate of drug-likeness (QED) is 0.835. The Kier molecular flexibility index (Phi) is 2.46. The van der Waals surface area contributed by atoms with Gasteiger partial charge in [0.05, 0.1) is 5.69 Å². The monoisotopic (exact) mass is 253 g/mol. The van der Waals surface area contributed by atoms with E-state index in [2.05, 4.69) is 40.1 Å². The van der Waals surface area contributed by atoms with Crippen LogP contribution in [-0.2, 0) is 0 Å². The molecule has 0 aromatic heterocycles. The van der Waals surface area contributed by atoms with Crippen LogP contribution in [0.4, 0.5) is 5.69 Å². The van der Waals surface area contributed by atoms with Crippen LogP contribution < -0.4 is 10.7 Å². The van der Waals surface area contributed by atoms with Gasteiger partial charge in [0, 0.05) is 17.4 Å². The molecular weight excluding hydrogens is 242 g/mol. The van der Waals surface area contributed by atoms with E-state index in [1.54, 1.807) is 0 Å². The summed E-state index contributed by atoms with van der Waals surface area (Å²) >= 11 is 3.44. The Labute approximate surface area is 91.7 Å². The molecule has 0 unspecified atom stereocenters. The van der Waals surface area contributed by atoms with Crippen LogP contribution in [0.15, 0.2) is 27.8 Å². The Balaban J connectivity index is 2.33. The number of aryl methyl sites for hydroxylation is 1. The van der Waals surface area contributed by atoms with Gasteiger partial charge in [0.15, 0.2) is 0 Å². The molecule has 0 saturated carbocycles. The zero-order chi connectivity index (χ0) is 10.1. The molecule has 74 valence electrons. The van der Waals surface area contributed by atoms with Crippen molar-refractivity contribution in [2.75, 3.05) is 11.6 Å². The Bertz CT molecular complexity index is 387. The molecule has 1 aliphatic rings. The molecule has 2 rings (SSSR count). The average molecular weight is 254 g/mol. The van der Waals surface area contributed by atoms with Crippen molar-refractivity contribution >= 4 is 27.5 Å². The summed E-state index contributed by atoms with van der Waals surface area (Å²) in [5.74, 6) is 0.715. The summed E-state index contributed by atoms with van der Waals surface area (Å²) in [6, 6.07) is 6.16. The maximum Gasteiger partial charge on any atom is 0.122 e. The van der Waals surface area contributed by atoms with Gasteiger partial charge >= 0.3 is 0 Å². The minimum atomic E-state index is 0.715. The number of nitrogens with zero attached hydrogens (tertiary/aromatic N) is 2. The second kappa shape index (κ2) is 3.61. The average Bonchev–Trinajstić information content (AvgIpc) is 2.51. The highest BCUT2D eigenvalue weighted by molar-refractivity contribution is 9.10. The number of anilines is 1. The first-order valence-electron chi connectivity index (χ1n) is 4.53. The van der Waals surface area contributed by atoms with Gasteiger partial charge in [-0.25, -0.2) is 0 Å². The summed E-state index contributed by atoms with van der Waals surface area (Å²) < 4.78 is 1.09. The van der Waals surface area contributed by atoms with Gasteiger partial charge in [-0.2, -0.15) is 5.10 Å². The smallest absolute Gasteiger partial charge is 0.122 e. The number of amidine groups is 1. The molecular formula is C10H12BrN3. The van der Waals surface area contributed by atoms with Crippen molar-refractivity contribution in [1.29, 1.82) is 0 Å². The lowest BCUT2D eigenvalue weighted by molar-refractivity contribution is 0.915. The van der Waals surface area contributed by atoms with E-state index in [0.29, 0.717) is 5.84 Å². The van der Waals surface area contributed by atoms with Crippen molar-refractivity contribution in [3.8, 4) is 0 Å². The molecule has 1 aromatic rings. The van der Waals surface area contributed by atoms with Gasteiger partial charge in [0.1, 0.15) is 5.84 Å². The summed E-state index contributed by atoms with van der Waals surface area (Å²) in [7, 11) is 0. The highest BCUT2D eigenvalue weighted by Crippen LogP contribution is 2.25. The van der Waals surface area contributed by atoms with Crippen molar-refractivity contribution in [3.63, 3.8) is 0 Å². The molecule has 3 nitrogen and oxygen atoms in total. The van der Waals surface area contributed by atoms with Crippen LogP contribution in [-0.4, -0.2) is 12.4 Å². The number of hydrogen-bond donors (Lipinski definition) is 1. The highest BCUT2D eigenvalue weighted by Gasteiger charge is 2.14. The Morgan fingerprint density at radius 2 is 2.29 bits per heavy atom. The van der Waals surface area contributed by atoms with Gasteiger partial charge in [-0.1, -0.05) is 15.9 Å². The second-order valence-corrected chi connectivity index (χ2v) is 4.31. The number of hydrazone groups is 1. The van der Waals surface area contributed by atoms with E-state index in [9.17, 15) is 0 Å². The van der Waals surface area contributed by atoms with Crippen molar-refractivity contribution in [3.05, 3.63) is 28.2 Å². The van der Waals surface area contributed by atoms with Crippen LogP contribution in [0.5, 0.6) is 0 Å². The van der Waals surface area contributed by atoms with Crippen LogP contribution in [0.1, 0.15) is 12.0 Å². The number of hydrogen-bond acceptors (Lipinski definition) is 3. The zero-order valence-electron chi connectivity index (χ0n) is 8.00. The normalized spacial score (nSPS) is 15.9. The summed E-state index contributed by atoms with van der Waals surface area (Å²) in [6.07, 6.45) is 0.857. The SMILES string of the molecule is Cc1cc(Br)ccc1N1CCC(N)=N1. The molecule has 2 N–H and O–H groups in total. The predicted molar refractivity (Wildman–Crippen MR) is 62.5 cm³/mol. The summed E-state index contributed by atoms with van der Waals surface area (Å²) in [6.45, 7) is 2.96. The lowest BCUT2D eigenvalue weighted by atomic mass is 10.2. The van der Waals surface area contributed by atoms with Crippen molar-refractivity contribution in [2.24, 2.45) is 10.8 Å². The van der Waals surface area contributed by atoms with E-state index < -0.39 is 0 Å². The van der Waals surface area contributed by atoms with Crippen LogP contribution in [0, 0.1) is 6.92 Å². The first-order chi connectivity index (χ1) is 6.66. The zero-order valence-corrected chi connectivity index (χ0v) is 9.58. The molecule has 4 heteroatoms. The third-order valence-electron chi connectivity index (χ3n) is 2.27. The van der Waals surface area contributed by atoms with Crippen molar-refractivity contribution in [2.45, 2.75) is 13.3 Å². The Morgan fingerprint density at radius 3 is 2.86 bits per heavy atom. The number of rotatable bonds is 1. The first-order valence-corrected chi connectivity index (χ1v) is 5.33. The van der Waals surface area contributed by atoms with Crippen molar-refractivity contribution in [1.82, 2.24) is 0 Å². The summed E-state index contributed by atoms with van der Waals surface area (Å²) in [5, 5.41) is 6.22. The van der Waals surface area contributed by atoms with Gasteiger partial charge in [-0.3, -0.25) is 5.01 Å². The van der Waals surface area contributed by atoms with Crippen LogP contribution in [0.3, 0.4) is 0 Å². The van der Waals surface area contributed by atoms with E-state index in [1.807, 2.05) is 11.1 Å². The standard InChI is InChI=1S/C10H12BrN3/c1-7-6-8(11)2-3-9(7)14-5-4-10(12)13-14/h2-3,6H,4-5H2,1H3,(H2,12,13). The lowest BCUT2D eigenvalue weighted by Crippen LogP contribution is -2.12. The molecule has 0 aliphatic carbocycles. The maximum atomic E-state index is 5.64. The number of halogens is 1. The molecule has 14 heavy (non-hydrogen) atoms. The summed E-state index contributed by atoms with van der Waals surface area (Å²) in [5.41, 5.74) is 7.98. The Hall–Kier alpha value is -1.03. The van der Waals surface area contributed by atoms with Crippen LogP contribution in [0.2, 0.25) is 0 Å². The fraction of sp³-hybridized carbons (Fsp3) is 0.300. The minimum absolute atomic E-state index is 0.715. The summed E-state index contributed by atoms with van der Waals surface area (Å²) in [4.78, 5) is 0. The van der Waals surface area contributed by atoms with E-state index in [0.717, 1.165) is 23.1 Å². The molecule has 1 aromatic carbocycles. The largest absolute Gasteiger partial charge is 0.386 e. The molecule has 0 fully saturated rings. The van der Waals surface area contributed by atoms with E-state index in [4.69, 9.17) is 5.73 Å². The molecule has 0 bridgehead atoms. The van der Waals surface area contributed by atoms with E-state index in [1.165, 1.54) is 5.56 Å². The van der Waals surface area contributed by atoms with Gasteiger partial charge in [-0.05, 0) is 30.7 Å². The molecule has 0 saturated heterocycles.